The summed E-state index contributed by atoms with van der Waals surface area (Å²) in [4.78, 5) is 50.2. The van der Waals surface area contributed by atoms with Gasteiger partial charge in [-0.2, -0.15) is 0 Å². The van der Waals surface area contributed by atoms with Gasteiger partial charge < -0.3 is 9.47 Å². The first-order valence-corrected chi connectivity index (χ1v) is 10.4. The highest BCUT2D eigenvalue weighted by Crippen LogP contribution is 2.23. The van der Waals surface area contributed by atoms with Gasteiger partial charge in [-0.1, -0.05) is 30.3 Å². The largest absolute Gasteiger partial charge is 0.489 e. The van der Waals surface area contributed by atoms with Crippen LogP contribution in [-0.4, -0.2) is 30.9 Å². The number of methoxy groups -OCH3 is 1. The van der Waals surface area contributed by atoms with Crippen LogP contribution in [0.4, 0.5) is 14.9 Å². The number of urea groups is 1. The molecular formula is C26H19FN2O6. The predicted octanol–water partition coefficient (Wildman–Crippen LogP) is 3.86. The number of esters is 1. The number of ether oxygens (including phenoxy) is 2. The van der Waals surface area contributed by atoms with Crippen LogP contribution in [0, 0.1) is 5.82 Å². The van der Waals surface area contributed by atoms with Gasteiger partial charge in [-0.25, -0.2) is 18.9 Å². The maximum Gasteiger partial charge on any atom is 0.337 e. The molecule has 0 bridgehead atoms. The number of hydrogen-bond acceptors (Lipinski definition) is 6. The molecule has 4 rings (SSSR count). The number of hydrogen-bond donors (Lipinski definition) is 1. The topological polar surface area (TPSA) is 102 Å². The van der Waals surface area contributed by atoms with E-state index in [0.29, 0.717) is 16.9 Å². The summed E-state index contributed by atoms with van der Waals surface area (Å²) in [6.07, 6.45) is 1.35. The van der Waals surface area contributed by atoms with Crippen molar-refractivity contribution in [3.8, 4) is 5.75 Å². The third kappa shape index (κ3) is 5.09. The first-order chi connectivity index (χ1) is 16.9. The summed E-state index contributed by atoms with van der Waals surface area (Å²) in [5, 5.41) is 2.14. The Labute approximate surface area is 199 Å². The summed E-state index contributed by atoms with van der Waals surface area (Å²) in [5.74, 6) is -2.11. The molecule has 176 valence electrons. The molecule has 0 unspecified atom stereocenters. The molecule has 4 amide bonds. The molecule has 0 spiro atoms. The van der Waals surface area contributed by atoms with E-state index in [1.165, 1.54) is 43.5 Å². The van der Waals surface area contributed by atoms with Gasteiger partial charge in [0.15, 0.2) is 0 Å². The maximum absolute atomic E-state index is 13.7. The van der Waals surface area contributed by atoms with Crippen molar-refractivity contribution in [1.29, 1.82) is 0 Å². The molecule has 1 N–H and O–H groups in total. The smallest absolute Gasteiger partial charge is 0.337 e. The number of amides is 4. The van der Waals surface area contributed by atoms with Crippen molar-refractivity contribution < 1.29 is 33.0 Å². The minimum absolute atomic E-state index is 0.0415. The second-order valence-electron chi connectivity index (χ2n) is 7.45. The van der Waals surface area contributed by atoms with Crippen LogP contribution in [0.1, 0.15) is 21.5 Å². The van der Waals surface area contributed by atoms with Crippen molar-refractivity contribution in [3.05, 3.63) is 101 Å². The van der Waals surface area contributed by atoms with E-state index >= 15 is 0 Å². The molecule has 3 aromatic carbocycles. The molecule has 9 heteroatoms. The van der Waals surface area contributed by atoms with Crippen LogP contribution in [0.25, 0.3) is 6.08 Å². The van der Waals surface area contributed by atoms with Gasteiger partial charge in [-0.05, 0) is 54.1 Å². The molecule has 0 radical (unpaired) electrons. The van der Waals surface area contributed by atoms with E-state index in [-0.39, 0.29) is 29.2 Å². The van der Waals surface area contributed by atoms with Gasteiger partial charge in [-0.3, -0.25) is 14.9 Å². The van der Waals surface area contributed by atoms with E-state index in [9.17, 15) is 23.6 Å². The Kier molecular flexibility index (Phi) is 6.68. The number of carbonyl (C=O) groups is 4. The highest BCUT2D eigenvalue weighted by molar-refractivity contribution is 6.39. The Balaban J connectivity index is 1.51. The van der Waals surface area contributed by atoms with E-state index in [2.05, 4.69) is 10.1 Å². The number of nitrogens with zero attached hydrogens (tertiary/aromatic N) is 1. The molecular weight excluding hydrogens is 455 g/mol. The summed E-state index contributed by atoms with van der Waals surface area (Å²) in [6.45, 7) is 0.0415. The van der Waals surface area contributed by atoms with Crippen molar-refractivity contribution in [1.82, 2.24) is 5.32 Å². The van der Waals surface area contributed by atoms with Crippen LogP contribution in [-0.2, 0) is 20.9 Å². The summed E-state index contributed by atoms with van der Waals surface area (Å²) < 4.78 is 24.0. The molecule has 0 saturated carbocycles. The molecule has 3 aromatic rings. The molecule has 0 atom stereocenters. The first-order valence-electron chi connectivity index (χ1n) is 10.4. The maximum atomic E-state index is 13.7. The Morgan fingerprint density at radius 1 is 0.971 bits per heavy atom. The Bertz CT molecular complexity index is 1330. The van der Waals surface area contributed by atoms with Gasteiger partial charge >= 0.3 is 12.0 Å². The van der Waals surface area contributed by atoms with Gasteiger partial charge in [0.2, 0.25) is 0 Å². The average molecular weight is 474 g/mol. The number of carbonyl (C=O) groups excluding carboxylic acids is 4. The van der Waals surface area contributed by atoms with E-state index in [1.807, 2.05) is 0 Å². The number of rotatable bonds is 6. The molecule has 0 aromatic heterocycles. The lowest BCUT2D eigenvalue weighted by molar-refractivity contribution is -0.122. The van der Waals surface area contributed by atoms with Crippen LogP contribution >= 0.6 is 0 Å². The van der Waals surface area contributed by atoms with Crippen molar-refractivity contribution in [2.75, 3.05) is 12.0 Å². The van der Waals surface area contributed by atoms with Gasteiger partial charge in [0, 0.05) is 5.56 Å². The Hall–Kier alpha value is -4.79. The predicted molar refractivity (Wildman–Crippen MR) is 124 cm³/mol. The Morgan fingerprint density at radius 2 is 1.66 bits per heavy atom. The number of nitrogens with one attached hydrogen (secondary N) is 1. The molecule has 8 nitrogen and oxygen atoms in total. The number of anilines is 1. The Morgan fingerprint density at radius 3 is 2.31 bits per heavy atom. The van der Waals surface area contributed by atoms with Gasteiger partial charge in [0.05, 0.1) is 18.4 Å². The highest BCUT2D eigenvalue weighted by Gasteiger charge is 2.36. The van der Waals surface area contributed by atoms with E-state index in [0.717, 1.165) is 4.90 Å². The van der Waals surface area contributed by atoms with Gasteiger partial charge in [0.1, 0.15) is 23.7 Å². The second-order valence-corrected chi connectivity index (χ2v) is 7.45. The fourth-order valence-corrected chi connectivity index (χ4v) is 3.36. The van der Waals surface area contributed by atoms with E-state index < -0.39 is 23.8 Å². The third-order valence-corrected chi connectivity index (χ3v) is 5.19. The lowest BCUT2D eigenvalue weighted by atomic mass is 10.1. The first kappa shape index (κ1) is 23.4. The lowest BCUT2D eigenvalue weighted by Crippen LogP contribution is -2.54. The number of imide groups is 2. The lowest BCUT2D eigenvalue weighted by Gasteiger charge is -2.26. The summed E-state index contributed by atoms with van der Waals surface area (Å²) >= 11 is 0. The van der Waals surface area contributed by atoms with Crippen molar-refractivity contribution in [2.45, 2.75) is 6.61 Å². The van der Waals surface area contributed by atoms with E-state index in [1.54, 1.807) is 42.5 Å². The second kappa shape index (κ2) is 10.0. The highest BCUT2D eigenvalue weighted by atomic mass is 19.1. The van der Waals surface area contributed by atoms with Gasteiger partial charge in [-0.15, -0.1) is 0 Å². The average Bonchev–Trinajstić information content (AvgIpc) is 2.86. The third-order valence-electron chi connectivity index (χ3n) is 5.19. The minimum atomic E-state index is -0.903. The molecule has 1 heterocycles. The van der Waals surface area contributed by atoms with Crippen LogP contribution in [0.5, 0.6) is 5.75 Å². The normalized spacial score (nSPS) is 14.6. The minimum Gasteiger partial charge on any atom is -0.489 e. The van der Waals surface area contributed by atoms with Crippen molar-refractivity contribution >= 4 is 35.6 Å². The fraction of sp³-hybridized carbons (Fsp3) is 0.0769. The number of barbiturate groups is 1. The van der Waals surface area contributed by atoms with Crippen LogP contribution < -0.4 is 15.0 Å². The van der Waals surface area contributed by atoms with Crippen LogP contribution in [0.2, 0.25) is 0 Å². The summed E-state index contributed by atoms with van der Waals surface area (Å²) in [6, 6.07) is 17.5. The SMILES string of the molecule is COC(=O)c1ccc(N2C(=O)NC(=O)/C(=C\c3ccc(OCc4ccccc4F)cc3)C2=O)cc1. The quantitative estimate of drug-likeness (QED) is 0.331. The van der Waals surface area contributed by atoms with Crippen LogP contribution in [0.3, 0.4) is 0 Å². The molecule has 0 aliphatic carbocycles. The summed E-state index contributed by atoms with van der Waals surface area (Å²) in [5.41, 5.74) is 1.09. The van der Waals surface area contributed by atoms with Gasteiger partial charge in [0.25, 0.3) is 11.8 Å². The number of halogens is 1. The molecule has 1 aliphatic rings. The standard InChI is InChI=1S/C26H19FN2O6/c1-34-25(32)17-8-10-19(11-9-17)29-24(31)21(23(30)28-26(29)33)14-16-6-12-20(13-7-16)35-15-18-4-2-3-5-22(18)27/h2-14H,15H2,1H3,(H,28,30,33)/b21-14+. The number of benzene rings is 3. The zero-order chi connectivity index (χ0) is 24.9. The molecule has 1 fully saturated rings. The summed E-state index contributed by atoms with van der Waals surface area (Å²) in [7, 11) is 1.24. The van der Waals surface area contributed by atoms with Crippen molar-refractivity contribution in [3.63, 3.8) is 0 Å². The zero-order valence-electron chi connectivity index (χ0n) is 18.5. The fourth-order valence-electron chi connectivity index (χ4n) is 3.36. The zero-order valence-corrected chi connectivity index (χ0v) is 18.5. The molecule has 1 saturated heterocycles. The van der Waals surface area contributed by atoms with Crippen molar-refractivity contribution in [2.24, 2.45) is 0 Å². The van der Waals surface area contributed by atoms with Crippen LogP contribution in [0.15, 0.2) is 78.4 Å². The molecule has 35 heavy (non-hydrogen) atoms. The molecule has 1 aliphatic heterocycles. The van der Waals surface area contributed by atoms with E-state index in [4.69, 9.17) is 4.74 Å². The monoisotopic (exact) mass is 474 g/mol.